The van der Waals surface area contributed by atoms with Crippen LogP contribution in [0.25, 0.3) is 5.78 Å². The van der Waals surface area contributed by atoms with E-state index in [0.29, 0.717) is 28.7 Å². The van der Waals surface area contributed by atoms with Crippen molar-refractivity contribution in [3.63, 3.8) is 0 Å². The van der Waals surface area contributed by atoms with Gasteiger partial charge in [-0.05, 0) is 45.4 Å². The Morgan fingerprint density at radius 3 is 2.67 bits per heavy atom. The van der Waals surface area contributed by atoms with E-state index < -0.39 is 0 Å². The van der Waals surface area contributed by atoms with Crippen molar-refractivity contribution in [1.82, 2.24) is 24.5 Å². The number of rotatable bonds is 6. The monoisotopic (exact) mass is 429 g/mol. The number of amides is 2. The number of benzene rings is 1. The van der Waals surface area contributed by atoms with Crippen LogP contribution in [0.2, 0.25) is 5.02 Å². The van der Waals surface area contributed by atoms with Crippen molar-refractivity contribution in [3.05, 3.63) is 45.7 Å². The molecule has 0 saturated heterocycles. The number of likely N-dealkylation sites (N-methyl/N-ethyl adjacent to an activating group) is 1. The molecule has 3 N–H and O–H groups in total. The summed E-state index contributed by atoms with van der Waals surface area (Å²) in [4.78, 5) is 35.4. The highest BCUT2D eigenvalue weighted by atomic mass is 35.5. The molecule has 0 unspecified atom stereocenters. The third-order valence-corrected chi connectivity index (χ3v) is 5.17. The third-order valence-electron chi connectivity index (χ3n) is 4.94. The standard InChI is InChI=1S/C20H24ClN7O2/c1-5-27(10-17(29)24-16-8-14(21)7-6-11(16)2)18(30)9-15-12(3)23-20-25-19(22)26-28(20)13(15)4/h6-8H,5,9-10H2,1-4H3,(H2,22,26)(H,24,29). The number of nitrogens with one attached hydrogen (secondary N) is 1. The minimum absolute atomic E-state index is 0.0642. The Hall–Kier alpha value is -3.20. The molecular formula is C20H24ClN7O2. The molecule has 0 bridgehead atoms. The Labute approximate surface area is 179 Å². The number of halogens is 1. The average molecular weight is 430 g/mol. The Kier molecular flexibility index (Phi) is 6.21. The number of aromatic nitrogens is 4. The molecule has 0 spiro atoms. The first-order chi connectivity index (χ1) is 14.2. The summed E-state index contributed by atoms with van der Waals surface area (Å²) >= 11 is 6.01. The van der Waals surface area contributed by atoms with Gasteiger partial charge in [-0.2, -0.15) is 9.50 Å². The normalized spacial score (nSPS) is 11.0. The van der Waals surface area contributed by atoms with Gasteiger partial charge >= 0.3 is 0 Å². The Morgan fingerprint density at radius 1 is 1.23 bits per heavy atom. The number of hydrogen-bond donors (Lipinski definition) is 2. The summed E-state index contributed by atoms with van der Waals surface area (Å²) in [6, 6.07) is 5.27. The van der Waals surface area contributed by atoms with E-state index in [2.05, 4.69) is 20.4 Å². The molecule has 3 aromatic rings. The van der Waals surface area contributed by atoms with Crippen LogP contribution in [0.3, 0.4) is 0 Å². The molecule has 0 aliphatic carbocycles. The van der Waals surface area contributed by atoms with Gasteiger partial charge in [0.1, 0.15) is 0 Å². The summed E-state index contributed by atoms with van der Waals surface area (Å²) in [5.41, 5.74) is 9.33. The number of nitrogens with zero attached hydrogens (tertiary/aromatic N) is 5. The van der Waals surface area contributed by atoms with Gasteiger partial charge in [-0.25, -0.2) is 4.98 Å². The smallest absolute Gasteiger partial charge is 0.254 e. The van der Waals surface area contributed by atoms with Gasteiger partial charge in [-0.1, -0.05) is 17.7 Å². The lowest BCUT2D eigenvalue weighted by Gasteiger charge is -2.21. The van der Waals surface area contributed by atoms with Gasteiger partial charge in [0.05, 0.1) is 13.0 Å². The van der Waals surface area contributed by atoms with Crippen LogP contribution in [-0.4, -0.2) is 49.4 Å². The molecule has 9 nitrogen and oxygen atoms in total. The zero-order valence-electron chi connectivity index (χ0n) is 17.4. The minimum Gasteiger partial charge on any atom is -0.366 e. The van der Waals surface area contributed by atoms with Gasteiger partial charge in [0.15, 0.2) is 0 Å². The van der Waals surface area contributed by atoms with Gasteiger partial charge in [0.2, 0.25) is 17.8 Å². The molecule has 0 aliphatic heterocycles. The van der Waals surface area contributed by atoms with Crippen molar-refractivity contribution in [3.8, 4) is 0 Å². The van der Waals surface area contributed by atoms with Gasteiger partial charge in [-0.3, -0.25) is 9.59 Å². The van der Waals surface area contributed by atoms with Crippen LogP contribution >= 0.6 is 11.6 Å². The second kappa shape index (κ2) is 8.66. The van der Waals surface area contributed by atoms with Crippen molar-refractivity contribution >= 4 is 40.8 Å². The maximum absolute atomic E-state index is 12.9. The molecular weight excluding hydrogens is 406 g/mol. The predicted molar refractivity (Wildman–Crippen MR) is 115 cm³/mol. The first-order valence-electron chi connectivity index (χ1n) is 9.51. The topological polar surface area (TPSA) is 119 Å². The van der Waals surface area contributed by atoms with Gasteiger partial charge < -0.3 is 16.0 Å². The van der Waals surface area contributed by atoms with Crippen LogP contribution < -0.4 is 11.1 Å². The Morgan fingerprint density at radius 2 is 1.97 bits per heavy atom. The molecule has 0 fully saturated rings. The first-order valence-corrected chi connectivity index (χ1v) is 9.89. The van der Waals surface area contributed by atoms with Gasteiger partial charge in [-0.15, -0.1) is 5.10 Å². The van der Waals surface area contributed by atoms with Crippen molar-refractivity contribution in [2.45, 2.75) is 34.1 Å². The fraction of sp³-hybridized carbons (Fsp3) is 0.350. The number of carbonyl (C=O) groups is 2. The zero-order valence-corrected chi connectivity index (χ0v) is 18.1. The lowest BCUT2D eigenvalue weighted by atomic mass is 10.1. The SMILES string of the molecule is CCN(CC(=O)Nc1cc(Cl)ccc1C)C(=O)Cc1c(C)nc2nc(N)nn2c1C. The second-order valence-corrected chi connectivity index (χ2v) is 7.47. The van der Waals surface area contributed by atoms with Crippen molar-refractivity contribution in [1.29, 1.82) is 0 Å². The van der Waals surface area contributed by atoms with E-state index in [4.69, 9.17) is 17.3 Å². The molecule has 1 aromatic carbocycles. The number of anilines is 2. The summed E-state index contributed by atoms with van der Waals surface area (Å²) in [7, 11) is 0. The highest BCUT2D eigenvalue weighted by Crippen LogP contribution is 2.20. The molecule has 2 heterocycles. The highest BCUT2D eigenvalue weighted by Gasteiger charge is 2.20. The van der Waals surface area contributed by atoms with E-state index in [1.54, 1.807) is 12.1 Å². The van der Waals surface area contributed by atoms with Crippen LogP contribution in [0.15, 0.2) is 18.2 Å². The van der Waals surface area contributed by atoms with Crippen LogP contribution in [0.5, 0.6) is 0 Å². The van der Waals surface area contributed by atoms with E-state index in [-0.39, 0.29) is 30.7 Å². The molecule has 10 heteroatoms. The Bertz CT molecular complexity index is 1130. The minimum atomic E-state index is -0.290. The van der Waals surface area contributed by atoms with Crippen molar-refractivity contribution < 1.29 is 9.59 Å². The quantitative estimate of drug-likeness (QED) is 0.620. The zero-order chi connectivity index (χ0) is 22.0. The molecule has 2 aromatic heterocycles. The highest BCUT2D eigenvalue weighted by molar-refractivity contribution is 6.31. The summed E-state index contributed by atoms with van der Waals surface area (Å²) in [6.07, 6.45) is 0.0949. The van der Waals surface area contributed by atoms with E-state index in [1.807, 2.05) is 33.8 Å². The van der Waals surface area contributed by atoms with Crippen LogP contribution in [-0.2, 0) is 16.0 Å². The van der Waals surface area contributed by atoms with E-state index >= 15 is 0 Å². The maximum Gasteiger partial charge on any atom is 0.254 e. The molecule has 158 valence electrons. The Balaban J connectivity index is 1.74. The lowest BCUT2D eigenvalue weighted by Crippen LogP contribution is -2.39. The lowest BCUT2D eigenvalue weighted by molar-refractivity contribution is -0.133. The summed E-state index contributed by atoms with van der Waals surface area (Å²) in [5.74, 6) is 0.0384. The predicted octanol–water partition coefficient (Wildman–Crippen LogP) is 2.31. The number of carbonyl (C=O) groups excluding carboxylic acids is 2. The molecule has 0 aliphatic rings. The fourth-order valence-electron chi connectivity index (χ4n) is 3.21. The molecule has 0 saturated carbocycles. The molecule has 0 radical (unpaired) electrons. The summed E-state index contributed by atoms with van der Waals surface area (Å²) in [6.45, 7) is 7.68. The van der Waals surface area contributed by atoms with Crippen molar-refractivity contribution in [2.24, 2.45) is 0 Å². The third kappa shape index (κ3) is 4.51. The van der Waals surface area contributed by atoms with Crippen LogP contribution in [0.1, 0.15) is 29.4 Å². The van der Waals surface area contributed by atoms with Crippen LogP contribution in [0, 0.1) is 20.8 Å². The number of fused-ring (bicyclic) bond motifs is 1. The molecule has 0 atom stereocenters. The average Bonchev–Trinajstić information content (AvgIpc) is 3.06. The van der Waals surface area contributed by atoms with Crippen LogP contribution in [0.4, 0.5) is 11.6 Å². The largest absolute Gasteiger partial charge is 0.366 e. The van der Waals surface area contributed by atoms with E-state index in [0.717, 1.165) is 16.8 Å². The maximum atomic E-state index is 12.9. The second-order valence-electron chi connectivity index (χ2n) is 7.04. The van der Waals surface area contributed by atoms with Gasteiger partial charge in [0.25, 0.3) is 5.78 Å². The fourth-order valence-corrected chi connectivity index (χ4v) is 3.38. The number of aryl methyl sites for hydroxylation is 3. The van der Waals surface area contributed by atoms with Gasteiger partial charge in [0, 0.05) is 34.2 Å². The number of hydrogen-bond acceptors (Lipinski definition) is 6. The summed E-state index contributed by atoms with van der Waals surface area (Å²) in [5, 5.41) is 7.47. The van der Waals surface area contributed by atoms with Crippen molar-refractivity contribution in [2.75, 3.05) is 24.1 Å². The summed E-state index contributed by atoms with van der Waals surface area (Å²) < 4.78 is 1.52. The first kappa shape index (κ1) is 21.5. The number of nitrogens with two attached hydrogens (primary N) is 1. The molecule has 30 heavy (non-hydrogen) atoms. The number of nitrogen functional groups attached to an aromatic ring is 1. The van der Waals surface area contributed by atoms with E-state index in [9.17, 15) is 9.59 Å². The molecule has 2 amide bonds. The molecule has 3 rings (SSSR count). The van der Waals surface area contributed by atoms with E-state index in [1.165, 1.54) is 9.42 Å².